The highest BCUT2D eigenvalue weighted by atomic mass is 17.2. The Labute approximate surface area is 81.9 Å². The first-order valence-electron chi connectivity index (χ1n) is 5.31. The quantitative estimate of drug-likeness (QED) is 0.237. The van der Waals surface area contributed by atoms with Crippen molar-refractivity contribution in [3.05, 3.63) is 12.2 Å². The fourth-order valence-corrected chi connectivity index (χ4v) is 1.05. The molecule has 0 heterocycles. The zero-order valence-electron chi connectivity index (χ0n) is 8.92. The summed E-state index contributed by atoms with van der Waals surface area (Å²) in [5, 5.41) is 0. The third kappa shape index (κ3) is 11.7. The Hall–Kier alpha value is -0.340. The summed E-state index contributed by atoms with van der Waals surface area (Å²) in [6, 6.07) is 0. The predicted molar refractivity (Wildman–Crippen MR) is 55.5 cm³/mol. The lowest BCUT2D eigenvalue weighted by molar-refractivity contribution is -0.282. The summed E-state index contributed by atoms with van der Waals surface area (Å²) >= 11 is 0. The van der Waals surface area contributed by atoms with E-state index in [1.807, 2.05) is 13.0 Å². The van der Waals surface area contributed by atoms with Crippen LogP contribution in [0.25, 0.3) is 0 Å². The molecule has 0 bridgehead atoms. The van der Waals surface area contributed by atoms with Gasteiger partial charge in [0.1, 0.15) is 6.61 Å². The van der Waals surface area contributed by atoms with Crippen LogP contribution in [0.5, 0.6) is 0 Å². The molecule has 0 aromatic heterocycles. The number of allylic oxidation sites excluding steroid dienone is 1. The van der Waals surface area contributed by atoms with Crippen molar-refractivity contribution in [1.29, 1.82) is 0 Å². The molecule has 0 aliphatic rings. The molecule has 0 fully saturated rings. The van der Waals surface area contributed by atoms with Crippen LogP contribution in [-0.4, -0.2) is 13.2 Å². The van der Waals surface area contributed by atoms with Gasteiger partial charge in [-0.25, -0.2) is 9.78 Å². The second kappa shape index (κ2) is 11.7. The van der Waals surface area contributed by atoms with Crippen LogP contribution in [0.15, 0.2) is 12.2 Å². The minimum Gasteiger partial charge on any atom is -0.237 e. The van der Waals surface area contributed by atoms with Gasteiger partial charge in [-0.2, -0.15) is 0 Å². The summed E-state index contributed by atoms with van der Waals surface area (Å²) in [5.41, 5.74) is 0. The van der Waals surface area contributed by atoms with Gasteiger partial charge in [-0.05, 0) is 19.8 Å². The fourth-order valence-electron chi connectivity index (χ4n) is 1.05. The Bertz CT molecular complexity index is 111. The van der Waals surface area contributed by atoms with Crippen LogP contribution in [0.2, 0.25) is 0 Å². The SMILES string of the molecule is CCCCCC/C=C\COOCC. The molecule has 0 N–H and O–H groups in total. The summed E-state index contributed by atoms with van der Waals surface area (Å²) in [6.07, 6.45) is 10.6. The van der Waals surface area contributed by atoms with E-state index in [1.54, 1.807) is 0 Å². The topological polar surface area (TPSA) is 18.5 Å². The molecule has 0 unspecified atom stereocenters. The average molecular weight is 186 g/mol. The zero-order chi connectivity index (χ0) is 9.78. The molecule has 0 aliphatic carbocycles. The third-order valence-electron chi connectivity index (χ3n) is 1.76. The lowest BCUT2D eigenvalue weighted by Gasteiger charge is -1.96. The van der Waals surface area contributed by atoms with Crippen molar-refractivity contribution in [3.63, 3.8) is 0 Å². The van der Waals surface area contributed by atoms with Gasteiger partial charge in [0, 0.05) is 0 Å². The maximum Gasteiger partial charge on any atom is 0.100 e. The van der Waals surface area contributed by atoms with Crippen LogP contribution in [-0.2, 0) is 9.78 Å². The summed E-state index contributed by atoms with van der Waals surface area (Å²) in [7, 11) is 0. The number of rotatable bonds is 9. The molecule has 0 atom stereocenters. The van der Waals surface area contributed by atoms with Crippen LogP contribution in [0.4, 0.5) is 0 Å². The maximum absolute atomic E-state index is 4.82. The molecule has 0 rings (SSSR count). The van der Waals surface area contributed by atoms with Gasteiger partial charge >= 0.3 is 0 Å². The minimum atomic E-state index is 0.571. The fraction of sp³-hybridized carbons (Fsp3) is 0.818. The van der Waals surface area contributed by atoms with Crippen LogP contribution >= 0.6 is 0 Å². The molecule has 0 saturated carbocycles. The molecule has 0 aromatic rings. The molecule has 0 saturated heterocycles. The smallest absolute Gasteiger partial charge is 0.100 e. The van der Waals surface area contributed by atoms with Gasteiger partial charge in [0.25, 0.3) is 0 Å². The van der Waals surface area contributed by atoms with E-state index in [9.17, 15) is 0 Å². The van der Waals surface area contributed by atoms with Crippen molar-refractivity contribution >= 4 is 0 Å². The number of hydrogen-bond acceptors (Lipinski definition) is 2. The van der Waals surface area contributed by atoms with E-state index in [-0.39, 0.29) is 0 Å². The lowest BCUT2D eigenvalue weighted by atomic mass is 10.1. The standard InChI is InChI=1S/C11H22O2/c1-3-5-6-7-8-9-10-11-13-12-4-2/h9-10H,3-8,11H2,1-2H3/b10-9-. The summed E-state index contributed by atoms with van der Waals surface area (Å²) in [6.45, 7) is 5.33. The molecular formula is C11H22O2. The molecule has 13 heavy (non-hydrogen) atoms. The van der Waals surface area contributed by atoms with E-state index in [0.717, 1.165) is 6.42 Å². The van der Waals surface area contributed by atoms with Gasteiger partial charge in [-0.15, -0.1) is 0 Å². The molecule has 0 aromatic carbocycles. The predicted octanol–water partition coefficient (Wildman–Crippen LogP) is 3.48. The maximum atomic E-state index is 4.82. The van der Waals surface area contributed by atoms with Crippen molar-refractivity contribution in [2.45, 2.75) is 46.0 Å². The van der Waals surface area contributed by atoms with Crippen molar-refractivity contribution in [1.82, 2.24) is 0 Å². The van der Waals surface area contributed by atoms with Gasteiger partial charge in [0.05, 0.1) is 6.61 Å². The van der Waals surface area contributed by atoms with Crippen LogP contribution in [0.1, 0.15) is 46.0 Å². The molecule has 0 spiro atoms. The highest BCUT2D eigenvalue weighted by Gasteiger charge is 1.84. The third-order valence-corrected chi connectivity index (χ3v) is 1.76. The number of hydrogen-bond donors (Lipinski definition) is 0. The Morgan fingerprint density at radius 1 is 0.923 bits per heavy atom. The first-order chi connectivity index (χ1) is 6.41. The van der Waals surface area contributed by atoms with E-state index in [2.05, 4.69) is 13.0 Å². The molecular weight excluding hydrogens is 164 g/mol. The summed E-state index contributed by atoms with van der Waals surface area (Å²) in [5.74, 6) is 0. The number of unbranched alkanes of at least 4 members (excludes halogenated alkanes) is 4. The molecule has 2 heteroatoms. The highest BCUT2D eigenvalue weighted by Crippen LogP contribution is 2.02. The molecule has 0 aliphatic heterocycles. The van der Waals surface area contributed by atoms with E-state index in [0.29, 0.717) is 13.2 Å². The van der Waals surface area contributed by atoms with E-state index in [4.69, 9.17) is 9.78 Å². The van der Waals surface area contributed by atoms with Crippen LogP contribution in [0, 0.1) is 0 Å². The van der Waals surface area contributed by atoms with Crippen molar-refractivity contribution in [2.24, 2.45) is 0 Å². The van der Waals surface area contributed by atoms with Gasteiger partial charge in [-0.3, -0.25) is 0 Å². The molecule has 0 amide bonds. The second-order valence-corrected chi connectivity index (χ2v) is 3.01. The van der Waals surface area contributed by atoms with Gasteiger partial charge < -0.3 is 0 Å². The molecule has 0 radical (unpaired) electrons. The normalized spacial score (nSPS) is 11.2. The Morgan fingerprint density at radius 3 is 2.46 bits per heavy atom. The Morgan fingerprint density at radius 2 is 1.77 bits per heavy atom. The zero-order valence-corrected chi connectivity index (χ0v) is 8.92. The first-order valence-corrected chi connectivity index (χ1v) is 5.31. The van der Waals surface area contributed by atoms with Gasteiger partial charge in [-0.1, -0.05) is 38.3 Å². The van der Waals surface area contributed by atoms with Crippen molar-refractivity contribution in [3.8, 4) is 0 Å². The van der Waals surface area contributed by atoms with Gasteiger partial charge in [0.2, 0.25) is 0 Å². The first kappa shape index (κ1) is 12.7. The highest BCUT2D eigenvalue weighted by molar-refractivity contribution is 4.80. The van der Waals surface area contributed by atoms with E-state index in [1.165, 1.54) is 25.7 Å². The molecule has 78 valence electrons. The van der Waals surface area contributed by atoms with Crippen molar-refractivity contribution < 1.29 is 9.78 Å². The van der Waals surface area contributed by atoms with Crippen LogP contribution in [0.3, 0.4) is 0 Å². The van der Waals surface area contributed by atoms with Crippen molar-refractivity contribution in [2.75, 3.05) is 13.2 Å². The monoisotopic (exact) mass is 186 g/mol. The summed E-state index contributed by atoms with van der Waals surface area (Å²) in [4.78, 5) is 9.55. The minimum absolute atomic E-state index is 0.571. The van der Waals surface area contributed by atoms with Crippen LogP contribution < -0.4 is 0 Å². The second-order valence-electron chi connectivity index (χ2n) is 3.01. The van der Waals surface area contributed by atoms with Gasteiger partial charge in [0.15, 0.2) is 0 Å². The summed E-state index contributed by atoms with van der Waals surface area (Å²) < 4.78 is 0. The Balaban J connectivity index is 2.95. The molecule has 2 nitrogen and oxygen atoms in total. The van der Waals surface area contributed by atoms with E-state index >= 15 is 0 Å². The Kier molecular flexibility index (Phi) is 11.4. The van der Waals surface area contributed by atoms with E-state index < -0.39 is 0 Å². The largest absolute Gasteiger partial charge is 0.237 e. The lowest BCUT2D eigenvalue weighted by Crippen LogP contribution is -1.92. The average Bonchev–Trinajstić information content (AvgIpc) is 2.16.